The minimum Gasteiger partial charge on any atom is -0.497 e. The van der Waals surface area contributed by atoms with Crippen LogP contribution in [0.3, 0.4) is 0 Å². The van der Waals surface area contributed by atoms with Crippen molar-refractivity contribution >= 4 is 10.0 Å². The van der Waals surface area contributed by atoms with Crippen LogP contribution in [0.5, 0.6) is 5.75 Å². The monoisotopic (exact) mass is 300 g/mol. The molecular weight excluding hydrogens is 280 g/mol. The second kappa shape index (κ2) is 7.03. The number of benzene rings is 1. The van der Waals surface area contributed by atoms with Crippen molar-refractivity contribution in [3.05, 3.63) is 24.3 Å². The van der Waals surface area contributed by atoms with Crippen LogP contribution in [0.25, 0.3) is 0 Å². The maximum Gasteiger partial charge on any atom is 0.240 e. The van der Waals surface area contributed by atoms with E-state index in [1.54, 1.807) is 18.2 Å². The van der Waals surface area contributed by atoms with Gasteiger partial charge in [0.2, 0.25) is 10.0 Å². The van der Waals surface area contributed by atoms with E-state index in [2.05, 4.69) is 10.0 Å². The average Bonchev–Trinajstić information content (AvgIpc) is 2.74. The smallest absolute Gasteiger partial charge is 0.240 e. The van der Waals surface area contributed by atoms with E-state index < -0.39 is 10.0 Å². The Morgan fingerprint density at radius 2 is 2.35 bits per heavy atom. The molecule has 1 heterocycles. The summed E-state index contributed by atoms with van der Waals surface area (Å²) in [5, 5.41) is 3.21. The Morgan fingerprint density at radius 3 is 3.15 bits per heavy atom. The Hall–Kier alpha value is -1.15. The fourth-order valence-electron chi connectivity index (χ4n) is 1.97. The standard InChI is InChI=1S/C13H20N2O4S/c1-18-12-3-2-4-13(7-12)20(16,17)15-9-11-8-14-5-6-19-10-11/h2-4,7,11,14-15H,5-6,8-10H2,1H3/t11-/m1/s1. The zero-order chi connectivity index (χ0) is 14.4. The van der Waals surface area contributed by atoms with Crippen LogP contribution in [0.15, 0.2) is 29.2 Å². The van der Waals surface area contributed by atoms with E-state index in [9.17, 15) is 8.42 Å². The molecule has 0 amide bonds. The van der Waals surface area contributed by atoms with Crippen LogP contribution in [0.2, 0.25) is 0 Å². The molecule has 7 heteroatoms. The first kappa shape index (κ1) is 15.2. The summed E-state index contributed by atoms with van der Waals surface area (Å²) < 4.78 is 37.5. The molecule has 1 aliphatic heterocycles. The van der Waals surface area contributed by atoms with E-state index in [4.69, 9.17) is 9.47 Å². The molecule has 112 valence electrons. The summed E-state index contributed by atoms with van der Waals surface area (Å²) in [7, 11) is -2.01. The highest BCUT2D eigenvalue weighted by molar-refractivity contribution is 7.89. The van der Waals surface area contributed by atoms with Crippen molar-refractivity contribution in [2.45, 2.75) is 4.90 Å². The summed E-state index contributed by atoms with van der Waals surface area (Å²) >= 11 is 0. The molecular formula is C13H20N2O4S. The molecule has 1 aromatic carbocycles. The zero-order valence-corrected chi connectivity index (χ0v) is 12.3. The van der Waals surface area contributed by atoms with Gasteiger partial charge in [0.05, 0.1) is 25.2 Å². The normalized spacial score (nSPS) is 20.4. The number of ether oxygens (including phenoxy) is 2. The van der Waals surface area contributed by atoms with Crippen molar-refractivity contribution < 1.29 is 17.9 Å². The molecule has 1 aromatic rings. The predicted molar refractivity (Wildman–Crippen MR) is 75.4 cm³/mol. The van der Waals surface area contributed by atoms with E-state index in [0.29, 0.717) is 25.5 Å². The zero-order valence-electron chi connectivity index (χ0n) is 11.5. The van der Waals surface area contributed by atoms with Gasteiger partial charge in [-0.05, 0) is 12.1 Å². The van der Waals surface area contributed by atoms with Crippen molar-refractivity contribution in [3.8, 4) is 5.75 Å². The van der Waals surface area contributed by atoms with Gasteiger partial charge in [-0.1, -0.05) is 6.07 Å². The first-order valence-corrected chi connectivity index (χ1v) is 8.02. The third-order valence-corrected chi connectivity index (χ3v) is 4.54. The summed E-state index contributed by atoms with van der Waals surface area (Å²) in [4.78, 5) is 0.208. The molecule has 0 radical (unpaired) electrons. The van der Waals surface area contributed by atoms with Gasteiger partial charge in [-0.25, -0.2) is 13.1 Å². The Morgan fingerprint density at radius 1 is 1.50 bits per heavy atom. The molecule has 1 aliphatic rings. The second-order valence-electron chi connectivity index (χ2n) is 4.68. The highest BCUT2D eigenvalue weighted by atomic mass is 32.2. The van der Waals surface area contributed by atoms with Crippen molar-refractivity contribution in [2.24, 2.45) is 5.92 Å². The SMILES string of the molecule is COc1cccc(S(=O)(=O)NC[C@H]2CNCCOC2)c1. The van der Waals surface area contributed by atoms with Gasteiger partial charge in [-0.3, -0.25) is 0 Å². The second-order valence-corrected chi connectivity index (χ2v) is 6.44. The van der Waals surface area contributed by atoms with Crippen LogP contribution < -0.4 is 14.8 Å². The van der Waals surface area contributed by atoms with Gasteiger partial charge in [0.15, 0.2) is 0 Å². The molecule has 0 bridgehead atoms. The predicted octanol–water partition coefficient (Wildman–Crippen LogP) is 0.210. The number of nitrogens with one attached hydrogen (secondary N) is 2. The van der Waals surface area contributed by atoms with Gasteiger partial charge in [-0.15, -0.1) is 0 Å². The molecule has 2 rings (SSSR count). The highest BCUT2D eigenvalue weighted by Gasteiger charge is 2.18. The topological polar surface area (TPSA) is 76.7 Å². The Balaban J connectivity index is 1.99. The first-order chi connectivity index (χ1) is 9.62. The van der Waals surface area contributed by atoms with Crippen molar-refractivity contribution in [2.75, 3.05) is 40.0 Å². The molecule has 0 aromatic heterocycles. The molecule has 0 spiro atoms. The average molecular weight is 300 g/mol. The summed E-state index contributed by atoms with van der Waals surface area (Å²) in [5.41, 5.74) is 0. The maximum atomic E-state index is 12.2. The van der Waals surface area contributed by atoms with Crippen LogP contribution >= 0.6 is 0 Å². The van der Waals surface area contributed by atoms with E-state index in [0.717, 1.165) is 13.1 Å². The van der Waals surface area contributed by atoms with Crippen molar-refractivity contribution in [1.29, 1.82) is 0 Å². The lowest BCUT2D eigenvalue weighted by Crippen LogP contribution is -2.35. The minimum absolute atomic E-state index is 0.137. The quantitative estimate of drug-likeness (QED) is 0.813. The van der Waals surface area contributed by atoms with E-state index in [-0.39, 0.29) is 10.8 Å². The molecule has 0 saturated carbocycles. The third kappa shape index (κ3) is 4.17. The van der Waals surface area contributed by atoms with Crippen LogP contribution in [0, 0.1) is 5.92 Å². The van der Waals surface area contributed by atoms with Crippen LogP contribution in [0.4, 0.5) is 0 Å². The lowest BCUT2D eigenvalue weighted by atomic mass is 10.2. The molecule has 0 unspecified atom stereocenters. The highest BCUT2D eigenvalue weighted by Crippen LogP contribution is 2.16. The number of sulfonamides is 1. The largest absolute Gasteiger partial charge is 0.497 e. The fraction of sp³-hybridized carbons (Fsp3) is 0.538. The molecule has 1 saturated heterocycles. The summed E-state index contributed by atoms with van der Waals surface area (Å²) in [6, 6.07) is 6.42. The van der Waals surface area contributed by atoms with Crippen LogP contribution in [0.1, 0.15) is 0 Å². The van der Waals surface area contributed by atoms with Crippen molar-refractivity contribution in [1.82, 2.24) is 10.0 Å². The maximum absolute atomic E-state index is 12.2. The summed E-state index contributed by atoms with van der Waals surface area (Å²) in [5.74, 6) is 0.658. The summed E-state index contributed by atoms with van der Waals surface area (Å²) in [6.45, 7) is 3.14. The van der Waals surface area contributed by atoms with Gasteiger partial charge in [0, 0.05) is 31.6 Å². The number of hydrogen-bond donors (Lipinski definition) is 2. The molecule has 1 atom stereocenters. The molecule has 2 N–H and O–H groups in total. The van der Waals surface area contributed by atoms with E-state index in [1.165, 1.54) is 13.2 Å². The number of rotatable bonds is 5. The number of methoxy groups -OCH3 is 1. The Labute approximate surface area is 119 Å². The molecule has 6 nitrogen and oxygen atoms in total. The summed E-state index contributed by atoms with van der Waals surface area (Å²) in [6.07, 6.45) is 0. The van der Waals surface area contributed by atoms with E-state index >= 15 is 0 Å². The van der Waals surface area contributed by atoms with Gasteiger partial charge in [-0.2, -0.15) is 0 Å². The minimum atomic E-state index is -3.52. The van der Waals surface area contributed by atoms with Crippen molar-refractivity contribution in [3.63, 3.8) is 0 Å². The van der Waals surface area contributed by atoms with E-state index in [1.807, 2.05) is 0 Å². The Bertz CT molecular complexity index is 525. The van der Waals surface area contributed by atoms with Gasteiger partial charge in [0.1, 0.15) is 5.75 Å². The number of hydrogen-bond acceptors (Lipinski definition) is 5. The first-order valence-electron chi connectivity index (χ1n) is 6.54. The lowest BCUT2D eigenvalue weighted by molar-refractivity contribution is 0.124. The molecule has 0 aliphatic carbocycles. The Kier molecular flexibility index (Phi) is 5.36. The molecule has 1 fully saturated rings. The fourth-order valence-corrected chi connectivity index (χ4v) is 3.12. The van der Waals surface area contributed by atoms with Crippen LogP contribution in [-0.2, 0) is 14.8 Å². The lowest BCUT2D eigenvalue weighted by Gasteiger charge is -2.15. The van der Waals surface area contributed by atoms with Gasteiger partial charge >= 0.3 is 0 Å². The molecule has 20 heavy (non-hydrogen) atoms. The third-order valence-electron chi connectivity index (χ3n) is 3.12. The van der Waals surface area contributed by atoms with Crippen LogP contribution in [-0.4, -0.2) is 48.4 Å². The van der Waals surface area contributed by atoms with Gasteiger partial charge < -0.3 is 14.8 Å². The van der Waals surface area contributed by atoms with Gasteiger partial charge in [0.25, 0.3) is 0 Å².